The third-order valence-corrected chi connectivity index (χ3v) is 2.96. The number of rotatable bonds is 5. The van der Waals surface area contributed by atoms with E-state index < -0.39 is 0 Å². The highest BCUT2D eigenvalue weighted by molar-refractivity contribution is 5.19. The Morgan fingerprint density at radius 2 is 1.76 bits per heavy atom. The summed E-state index contributed by atoms with van der Waals surface area (Å²) in [5.41, 5.74) is 0.791. The fourth-order valence-electron chi connectivity index (χ4n) is 1.96. The lowest BCUT2D eigenvalue weighted by Crippen LogP contribution is -2.40. The Hall–Kier alpha value is -0.860. The minimum Gasteiger partial charge on any atom is -0.142 e. The molecule has 1 aromatic carbocycles. The van der Waals surface area contributed by atoms with Gasteiger partial charge in [0.05, 0.1) is 6.04 Å². The van der Waals surface area contributed by atoms with Crippen LogP contribution in [0, 0.1) is 0 Å². The number of hydroxylamine groups is 2. The smallest absolute Gasteiger partial charge is 0.0638 e. The average Bonchev–Trinajstić information content (AvgIpc) is 2.29. The topological polar surface area (TPSA) is 23.1 Å². The van der Waals surface area contributed by atoms with Gasteiger partial charge in [0.15, 0.2) is 0 Å². The summed E-state index contributed by atoms with van der Waals surface area (Å²) in [4.78, 5) is 0. The summed E-state index contributed by atoms with van der Waals surface area (Å²) in [5, 5.41) is 13.6. The van der Waals surface area contributed by atoms with Crippen LogP contribution in [-0.4, -0.2) is 10.6 Å². The van der Waals surface area contributed by atoms with Gasteiger partial charge in [-0.3, -0.25) is 0 Å². The van der Waals surface area contributed by atoms with Crippen molar-refractivity contribution in [2.45, 2.75) is 58.5 Å². The third-order valence-electron chi connectivity index (χ3n) is 2.96. The summed E-state index contributed by atoms with van der Waals surface area (Å²) in [5.74, 6) is 0. The van der Waals surface area contributed by atoms with E-state index in [-0.39, 0.29) is 11.6 Å². The molecule has 0 unspecified atom stereocenters. The summed E-state index contributed by atoms with van der Waals surface area (Å²) in [6.07, 6.45) is 3.15. The van der Waals surface area contributed by atoms with Gasteiger partial charge >= 0.3 is 0 Å². The van der Waals surface area contributed by atoms with Gasteiger partial charge in [-0.1, -0.05) is 50.1 Å². The molecule has 0 amide bonds. The minimum atomic E-state index is -0.339. The normalized spacial score (nSPS) is 14.0. The molecule has 0 aliphatic heterocycles. The Morgan fingerprint density at radius 1 is 1.18 bits per heavy atom. The lowest BCUT2D eigenvalue weighted by Gasteiger charge is -2.34. The minimum absolute atomic E-state index is 0.0175. The van der Waals surface area contributed by atoms with Gasteiger partial charge in [-0.05, 0) is 32.8 Å². The largest absolute Gasteiger partial charge is 0.142 e. The van der Waals surface area contributed by atoms with Gasteiger partial charge < -0.3 is 0 Å². The lowest BCUT2D eigenvalue weighted by molar-refractivity contribution is -0.243. The first-order valence-corrected chi connectivity index (χ1v) is 6.48. The van der Waals surface area contributed by atoms with Crippen LogP contribution in [0.25, 0.3) is 0 Å². The van der Waals surface area contributed by atoms with E-state index in [9.17, 15) is 5.21 Å². The zero-order chi connectivity index (χ0) is 12.9. The van der Waals surface area contributed by atoms with Crippen molar-refractivity contribution in [3.8, 4) is 0 Å². The number of unbranched alkanes of at least 4 members (excludes halogenated alkanes) is 1. The van der Waals surface area contributed by atoms with Gasteiger partial charge in [0.1, 0.15) is 0 Å². The van der Waals surface area contributed by atoms with E-state index >= 15 is 0 Å². The standard InChI is InChI=1S/C15H24NO/c1-5-6-12-14(16(17)15(2,3)4)13-10-8-7-9-11-13/h7-11,14H,5-6,12H2,1-4H3/t14-/m1/s1. The molecule has 1 radical (unpaired) electrons. The molecule has 95 valence electrons. The molecule has 2 nitrogen and oxygen atoms in total. The maximum Gasteiger partial charge on any atom is 0.0638 e. The molecule has 2 heteroatoms. The van der Waals surface area contributed by atoms with Crippen LogP contribution in [0.1, 0.15) is 58.6 Å². The molecule has 0 aromatic heterocycles. The van der Waals surface area contributed by atoms with Crippen LogP contribution in [0.2, 0.25) is 0 Å². The molecule has 0 saturated carbocycles. The second-order valence-electron chi connectivity index (χ2n) is 5.57. The molecule has 1 rings (SSSR count). The molecule has 0 spiro atoms. The van der Waals surface area contributed by atoms with Crippen molar-refractivity contribution in [2.75, 3.05) is 0 Å². The SMILES string of the molecule is CCCC[C@H](c1ccccc1)N([O])C(C)(C)C. The van der Waals surface area contributed by atoms with Crippen LogP contribution in [0.5, 0.6) is 0 Å². The predicted molar refractivity (Wildman–Crippen MR) is 71.0 cm³/mol. The molecule has 1 atom stereocenters. The number of hydrogen-bond donors (Lipinski definition) is 0. The highest BCUT2D eigenvalue weighted by Crippen LogP contribution is 2.30. The van der Waals surface area contributed by atoms with Crippen LogP contribution >= 0.6 is 0 Å². The van der Waals surface area contributed by atoms with E-state index in [4.69, 9.17) is 0 Å². The Bertz CT molecular complexity index is 315. The van der Waals surface area contributed by atoms with Crippen molar-refractivity contribution >= 4 is 0 Å². The molecule has 0 aliphatic carbocycles. The second kappa shape index (κ2) is 6.18. The van der Waals surface area contributed by atoms with Gasteiger partial charge in [0, 0.05) is 5.54 Å². The summed E-state index contributed by atoms with van der Waals surface area (Å²) in [7, 11) is 0. The maximum atomic E-state index is 12.4. The summed E-state index contributed by atoms with van der Waals surface area (Å²) >= 11 is 0. The Balaban J connectivity index is 2.88. The molecule has 0 saturated heterocycles. The molecule has 1 aromatic rings. The molecule has 0 bridgehead atoms. The molecule has 0 fully saturated rings. The van der Waals surface area contributed by atoms with Gasteiger partial charge in [0.25, 0.3) is 0 Å². The first-order chi connectivity index (χ1) is 7.96. The van der Waals surface area contributed by atoms with Gasteiger partial charge in [-0.15, -0.1) is 10.3 Å². The van der Waals surface area contributed by atoms with Crippen molar-refractivity contribution in [1.29, 1.82) is 0 Å². The highest BCUT2D eigenvalue weighted by Gasteiger charge is 2.29. The molecule has 0 heterocycles. The van der Waals surface area contributed by atoms with Crippen LogP contribution in [0.4, 0.5) is 0 Å². The summed E-state index contributed by atoms with van der Waals surface area (Å²) in [6.45, 7) is 8.08. The van der Waals surface area contributed by atoms with Crippen LogP contribution in [0.3, 0.4) is 0 Å². The molecular formula is C15H24NO. The zero-order valence-corrected chi connectivity index (χ0v) is 11.4. The summed E-state index contributed by atoms with van der Waals surface area (Å²) < 4.78 is 0. The van der Waals surface area contributed by atoms with Crippen molar-refractivity contribution < 1.29 is 5.21 Å². The Kier molecular flexibility index (Phi) is 5.16. The van der Waals surface area contributed by atoms with Crippen molar-refractivity contribution in [1.82, 2.24) is 5.06 Å². The molecule has 0 N–H and O–H groups in total. The second-order valence-corrected chi connectivity index (χ2v) is 5.57. The molecular weight excluding hydrogens is 210 g/mol. The number of nitrogens with zero attached hydrogens (tertiary/aromatic N) is 1. The Morgan fingerprint density at radius 3 is 2.24 bits per heavy atom. The fourth-order valence-corrected chi connectivity index (χ4v) is 1.96. The van der Waals surface area contributed by atoms with Crippen LogP contribution in [0.15, 0.2) is 30.3 Å². The van der Waals surface area contributed by atoms with Crippen molar-refractivity contribution in [3.05, 3.63) is 35.9 Å². The fraction of sp³-hybridized carbons (Fsp3) is 0.600. The first-order valence-electron chi connectivity index (χ1n) is 6.48. The van der Waals surface area contributed by atoms with E-state index in [1.165, 1.54) is 5.06 Å². The van der Waals surface area contributed by atoms with Crippen LogP contribution in [-0.2, 0) is 5.21 Å². The number of hydrogen-bond acceptors (Lipinski definition) is 1. The van der Waals surface area contributed by atoms with Gasteiger partial charge in [0.2, 0.25) is 0 Å². The van der Waals surface area contributed by atoms with E-state index in [1.54, 1.807) is 0 Å². The Labute approximate surface area is 105 Å². The van der Waals surface area contributed by atoms with Gasteiger partial charge in [-0.2, -0.15) is 0 Å². The summed E-state index contributed by atoms with van der Waals surface area (Å²) in [6, 6.07) is 10.1. The van der Waals surface area contributed by atoms with E-state index in [1.807, 2.05) is 39.0 Å². The maximum absolute atomic E-state index is 12.4. The van der Waals surface area contributed by atoms with Crippen LogP contribution < -0.4 is 0 Å². The quantitative estimate of drug-likeness (QED) is 0.694. The van der Waals surface area contributed by atoms with E-state index in [0.29, 0.717) is 0 Å². The molecule has 0 aliphatic rings. The third kappa shape index (κ3) is 4.14. The van der Waals surface area contributed by atoms with Crippen molar-refractivity contribution in [2.24, 2.45) is 0 Å². The zero-order valence-electron chi connectivity index (χ0n) is 11.4. The van der Waals surface area contributed by atoms with E-state index in [2.05, 4.69) is 19.1 Å². The number of benzene rings is 1. The van der Waals surface area contributed by atoms with E-state index in [0.717, 1.165) is 24.8 Å². The first kappa shape index (κ1) is 14.2. The average molecular weight is 234 g/mol. The lowest BCUT2D eigenvalue weighted by atomic mass is 9.97. The van der Waals surface area contributed by atoms with Gasteiger partial charge in [-0.25, -0.2) is 0 Å². The highest BCUT2D eigenvalue weighted by atomic mass is 16.5. The molecule has 17 heavy (non-hydrogen) atoms. The monoisotopic (exact) mass is 234 g/mol. The van der Waals surface area contributed by atoms with Crippen molar-refractivity contribution in [3.63, 3.8) is 0 Å². The predicted octanol–water partition coefficient (Wildman–Crippen LogP) is 4.36.